The van der Waals surface area contributed by atoms with Crippen LogP contribution in [0.1, 0.15) is 49.3 Å². The van der Waals surface area contributed by atoms with Crippen molar-refractivity contribution in [1.29, 1.82) is 0 Å². The van der Waals surface area contributed by atoms with Gasteiger partial charge in [-0.15, -0.1) is 0 Å². The van der Waals surface area contributed by atoms with Crippen molar-refractivity contribution in [1.82, 2.24) is 0 Å². The lowest BCUT2D eigenvalue weighted by atomic mass is 9.79. The van der Waals surface area contributed by atoms with Gasteiger partial charge in [0.05, 0.1) is 5.92 Å². The minimum absolute atomic E-state index is 0.160. The fourth-order valence-electron chi connectivity index (χ4n) is 3.55. The van der Waals surface area contributed by atoms with E-state index in [1.54, 1.807) is 6.07 Å². The van der Waals surface area contributed by atoms with Gasteiger partial charge in [-0.25, -0.2) is 4.39 Å². The van der Waals surface area contributed by atoms with Crippen molar-refractivity contribution in [2.45, 2.75) is 50.8 Å². The van der Waals surface area contributed by atoms with Gasteiger partial charge in [-0.05, 0) is 47.8 Å². The molecule has 2 atom stereocenters. The van der Waals surface area contributed by atoms with Crippen LogP contribution in [0.25, 0.3) is 0 Å². The van der Waals surface area contributed by atoms with Crippen LogP contribution in [0.5, 0.6) is 0 Å². The molecule has 1 aliphatic carbocycles. The first kappa shape index (κ1) is 18.9. The first-order valence-electron chi connectivity index (χ1n) is 8.29. The molecule has 0 fully saturated rings. The molecular weight excluding hydrogens is 312 g/mol. The maximum absolute atomic E-state index is 14.5. The van der Waals surface area contributed by atoms with E-state index in [1.165, 1.54) is 6.07 Å². The maximum Gasteiger partial charge on any atom is 0.451 e. The quantitative estimate of drug-likeness (QED) is 0.567. The molecule has 1 aromatic carbocycles. The molecular formula is C17H25BFNO4. The van der Waals surface area contributed by atoms with Crippen LogP contribution in [0.2, 0.25) is 6.32 Å². The van der Waals surface area contributed by atoms with E-state index < -0.39 is 24.4 Å². The number of halogens is 1. The highest BCUT2D eigenvalue weighted by atomic mass is 19.1. The molecule has 0 amide bonds. The Hall–Kier alpha value is -1.44. The highest BCUT2D eigenvalue weighted by Crippen LogP contribution is 2.43. The van der Waals surface area contributed by atoms with Crippen molar-refractivity contribution >= 4 is 13.1 Å². The summed E-state index contributed by atoms with van der Waals surface area (Å²) in [6, 6.07) is 3.11. The number of carbonyl (C=O) groups is 1. The topological polar surface area (TPSA) is 104 Å². The normalized spacial score (nSPS) is 20.1. The standard InChI is InChI=1S/C17H25BFNO4/c1-17(2,9-20)13-8-12-11(7-14(13)19)6-10(15(12)16(21)22)4-3-5-18(23)24/h7-8,10,15,23-24H,3-6,9,20H2,1-2H3,(H,21,22). The molecule has 2 rings (SSSR count). The zero-order chi connectivity index (χ0) is 18.1. The second-order valence-corrected chi connectivity index (χ2v) is 7.31. The molecule has 0 aliphatic heterocycles. The van der Waals surface area contributed by atoms with E-state index in [4.69, 9.17) is 15.8 Å². The highest BCUT2D eigenvalue weighted by molar-refractivity contribution is 6.40. The summed E-state index contributed by atoms with van der Waals surface area (Å²) < 4.78 is 14.5. The van der Waals surface area contributed by atoms with Crippen molar-refractivity contribution in [2.24, 2.45) is 11.7 Å². The van der Waals surface area contributed by atoms with Gasteiger partial charge in [0.25, 0.3) is 0 Å². The zero-order valence-electron chi connectivity index (χ0n) is 14.1. The summed E-state index contributed by atoms with van der Waals surface area (Å²) in [7, 11) is -1.38. The van der Waals surface area contributed by atoms with Gasteiger partial charge < -0.3 is 20.9 Å². The third-order valence-corrected chi connectivity index (χ3v) is 5.06. The number of hydrogen-bond acceptors (Lipinski definition) is 4. The lowest BCUT2D eigenvalue weighted by Gasteiger charge is -2.25. The summed E-state index contributed by atoms with van der Waals surface area (Å²) >= 11 is 0. The molecule has 5 nitrogen and oxygen atoms in total. The number of hydrogen-bond donors (Lipinski definition) is 4. The van der Waals surface area contributed by atoms with Crippen LogP contribution in [0.3, 0.4) is 0 Å². The van der Waals surface area contributed by atoms with Crippen molar-refractivity contribution in [3.8, 4) is 0 Å². The van der Waals surface area contributed by atoms with Crippen LogP contribution in [0, 0.1) is 11.7 Å². The minimum Gasteiger partial charge on any atom is -0.481 e. The van der Waals surface area contributed by atoms with Gasteiger partial charge in [-0.3, -0.25) is 4.79 Å². The van der Waals surface area contributed by atoms with E-state index in [0.29, 0.717) is 30.4 Å². The predicted octanol–water partition coefficient (Wildman–Crippen LogP) is 1.66. The monoisotopic (exact) mass is 337 g/mol. The number of rotatable bonds is 7. The van der Waals surface area contributed by atoms with Crippen molar-refractivity contribution in [3.05, 3.63) is 34.6 Å². The van der Waals surface area contributed by atoms with Crippen LogP contribution in [-0.4, -0.2) is 34.8 Å². The Balaban J connectivity index is 2.33. The molecule has 7 heteroatoms. The first-order valence-corrected chi connectivity index (χ1v) is 8.29. The average molecular weight is 337 g/mol. The van der Waals surface area contributed by atoms with E-state index in [0.717, 1.165) is 5.56 Å². The van der Waals surface area contributed by atoms with Crippen molar-refractivity contribution in [2.75, 3.05) is 6.54 Å². The van der Waals surface area contributed by atoms with E-state index in [2.05, 4.69) is 0 Å². The van der Waals surface area contributed by atoms with Crippen molar-refractivity contribution < 1.29 is 24.3 Å². The van der Waals surface area contributed by atoms with Gasteiger partial charge in [-0.1, -0.05) is 26.3 Å². The van der Waals surface area contributed by atoms with Crippen LogP contribution in [-0.2, 0) is 16.6 Å². The summed E-state index contributed by atoms with van der Waals surface area (Å²) in [5, 5.41) is 27.5. The molecule has 1 aromatic rings. The molecule has 5 N–H and O–H groups in total. The van der Waals surface area contributed by atoms with E-state index in [1.807, 2.05) is 13.8 Å². The first-order chi connectivity index (χ1) is 11.2. The van der Waals surface area contributed by atoms with Crippen LogP contribution >= 0.6 is 0 Å². The van der Waals surface area contributed by atoms with Crippen LogP contribution in [0.4, 0.5) is 4.39 Å². The van der Waals surface area contributed by atoms with Crippen LogP contribution in [0.15, 0.2) is 12.1 Å². The minimum atomic E-state index is -1.38. The molecule has 2 unspecified atom stereocenters. The largest absolute Gasteiger partial charge is 0.481 e. The molecule has 24 heavy (non-hydrogen) atoms. The Kier molecular flexibility index (Phi) is 5.68. The summed E-state index contributed by atoms with van der Waals surface area (Å²) in [5.41, 5.74) is 7.01. The summed E-state index contributed by atoms with van der Waals surface area (Å²) in [4.78, 5) is 11.8. The summed E-state index contributed by atoms with van der Waals surface area (Å²) in [6.45, 7) is 3.93. The number of aliphatic carboxylic acids is 1. The van der Waals surface area contributed by atoms with Gasteiger partial charge in [0.15, 0.2) is 0 Å². The second-order valence-electron chi connectivity index (χ2n) is 7.31. The number of benzene rings is 1. The molecule has 0 spiro atoms. The third-order valence-electron chi connectivity index (χ3n) is 5.06. The average Bonchev–Trinajstić information content (AvgIpc) is 2.83. The number of nitrogens with two attached hydrogens (primary N) is 1. The molecule has 0 radical (unpaired) electrons. The van der Waals surface area contributed by atoms with E-state index >= 15 is 0 Å². The molecule has 0 bridgehead atoms. The summed E-state index contributed by atoms with van der Waals surface area (Å²) in [6.07, 6.45) is 1.78. The Morgan fingerprint density at radius 3 is 2.62 bits per heavy atom. The predicted molar refractivity (Wildman–Crippen MR) is 90.3 cm³/mol. The molecule has 0 saturated heterocycles. The van der Waals surface area contributed by atoms with Gasteiger partial charge >= 0.3 is 13.1 Å². The molecule has 1 aliphatic rings. The lowest BCUT2D eigenvalue weighted by Crippen LogP contribution is -2.29. The smallest absolute Gasteiger partial charge is 0.451 e. The second kappa shape index (κ2) is 7.21. The van der Waals surface area contributed by atoms with Gasteiger partial charge in [-0.2, -0.15) is 0 Å². The third kappa shape index (κ3) is 3.79. The van der Waals surface area contributed by atoms with Crippen LogP contribution < -0.4 is 5.73 Å². The Labute approximate surface area is 141 Å². The molecule has 0 heterocycles. The Morgan fingerprint density at radius 2 is 2.08 bits per heavy atom. The van der Waals surface area contributed by atoms with Crippen molar-refractivity contribution in [3.63, 3.8) is 0 Å². The number of carboxylic acid groups (broad SMARTS) is 1. The SMILES string of the molecule is CC(C)(CN)c1cc2c(cc1F)CC(CCCB(O)O)C2C(=O)O. The highest BCUT2D eigenvalue weighted by Gasteiger charge is 2.39. The molecule has 0 saturated carbocycles. The zero-order valence-corrected chi connectivity index (χ0v) is 14.1. The fraction of sp³-hybridized carbons (Fsp3) is 0.588. The fourth-order valence-corrected chi connectivity index (χ4v) is 3.55. The van der Waals surface area contributed by atoms with E-state index in [9.17, 15) is 14.3 Å². The molecule has 132 valence electrons. The maximum atomic E-state index is 14.5. The number of carboxylic acids is 1. The van der Waals surface area contributed by atoms with Gasteiger partial charge in [0, 0.05) is 12.0 Å². The Bertz CT molecular complexity index is 621. The lowest BCUT2D eigenvalue weighted by molar-refractivity contribution is -0.139. The Morgan fingerprint density at radius 1 is 1.42 bits per heavy atom. The molecule has 0 aromatic heterocycles. The number of fused-ring (bicyclic) bond motifs is 1. The van der Waals surface area contributed by atoms with Gasteiger partial charge in [0.2, 0.25) is 0 Å². The van der Waals surface area contributed by atoms with E-state index in [-0.39, 0.29) is 24.6 Å². The van der Waals surface area contributed by atoms with Gasteiger partial charge in [0.1, 0.15) is 5.82 Å². The summed E-state index contributed by atoms with van der Waals surface area (Å²) in [5.74, 6) is -2.12.